The molecule has 1 nitrogen and oxygen atoms in total. The SMILES string of the molecule is CC[N+]1(CC)[C@@H]2Cc3ccccc3[C@@]1(C)c1ccc(C)cc12. The molecular weight excluding hydrogens is 266 g/mol. The van der Waals surface area contributed by atoms with Crippen LogP contribution in [0, 0.1) is 6.92 Å². The number of nitrogens with zero attached hydrogens (tertiary/aromatic N) is 1. The van der Waals surface area contributed by atoms with E-state index in [1.807, 2.05) is 0 Å². The highest BCUT2D eigenvalue weighted by Gasteiger charge is 2.62. The molecule has 0 aromatic heterocycles. The topological polar surface area (TPSA) is 0 Å². The van der Waals surface area contributed by atoms with Crippen molar-refractivity contribution < 1.29 is 4.48 Å². The Bertz CT molecular complexity index is 741. The third kappa shape index (κ3) is 1.39. The Hall–Kier alpha value is -1.60. The van der Waals surface area contributed by atoms with E-state index in [9.17, 15) is 0 Å². The van der Waals surface area contributed by atoms with Crippen molar-refractivity contribution in [1.29, 1.82) is 0 Å². The third-order valence-corrected chi connectivity index (χ3v) is 6.66. The van der Waals surface area contributed by atoms with E-state index < -0.39 is 0 Å². The minimum Gasteiger partial charge on any atom is -0.305 e. The highest BCUT2D eigenvalue weighted by Crippen LogP contribution is 2.60. The van der Waals surface area contributed by atoms with E-state index in [0.717, 1.165) is 0 Å². The molecule has 1 heteroatoms. The predicted molar refractivity (Wildman–Crippen MR) is 91.9 cm³/mol. The molecule has 4 rings (SSSR count). The zero-order valence-corrected chi connectivity index (χ0v) is 14.2. The van der Waals surface area contributed by atoms with E-state index in [4.69, 9.17) is 0 Å². The molecule has 2 bridgehead atoms. The molecular formula is C21H26N+. The first kappa shape index (κ1) is 14.0. The van der Waals surface area contributed by atoms with Gasteiger partial charge < -0.3 is 4.48 Å². The van der Waals surface area contributed by atoms with E-state index in [1.54, 1.807) is 22.3 Å². The van der Waals surface area contributed by atoms with E-state index >= 15 is 0 Å². The molecule has 2 atom stereocenters. The summed E-state index contributed by atoms with van der Waals surface area (Å²) in [5, 5.41) is 0. The second kappa shape index (κ2) is 4.45. The van der Waals surface area contributed by atoms with Crippen molar-refractivity contribution >= 4 is 0 Å². The lowest BCUT2D eigenvalue weighted by Gasteiger charge is -2.53. The molecule has 2 aromatic carbocycles. The van der Waals surface area contributed by atoms with Crippen molar-refractivity contribution in [1.82, 2.24) is 0 Å². The van der Waals surface area contributed by atoms with Crippen LogP contribution in [0.1, 0.15) is 54.6 Å². The van der Waals surface area contributed by atoms with Crippen LogP contribution in [-0.2, 0) is 12.0 Å². The molecule has 0 radical (unpaired) electrons. The third-order valence-electron chi connectivity index (χ3n) is 6.66. The van der Waals surface area contributed by atoms with E-state index in [1.165, 1.54) is 29.6 Å². The molecule has 0 fully saturated rings. The summed E-state index contributed by atoms with van der Waals surface area (Å²) in [7, 11) is 0. The summed E-state index contributed by atoms with van der Waals surface area (Å²) in [5.41, 5.74) is 7.77. The Kier molecular flexibility index (Phi) is 2.84. The fraction of sp³-hybridized carbons (Fsp3) is 0.429. The molecule has 0 saturated carbocycles. The maximum atomic E-state index is 2.49. The predicted octanol–water partition coefficient (Wildman–Crippen LogP) is 4.73. The minimum atomic E-state index is 0.103. The van der Waals surface area contributed by atoms with Crippen LogP contribution < -0.4 is 0 Å². The van der Waals surface area contributed by atoms with Crippen molar-refractivity contribution in [2.24, 2.45) is 0 Å². The van der Waals surface area contributed by atoms with Gasteiger partial charge in [-0.3, -0.25) is 0 Å². The van der Waals surface area contributed by atoms with Crippen molar-refractivity contribution in [2.45, 2.75) is 45.7 Å². The fourth-order valence-corrected chi connectivity index (χ4v) is 5.57. The molecule has 0 amide bonds. The summed E-state index contributed by atoms with van der Waals surface area (Å²) >= 11 is 0. The second-order valence-electron chi connectivity index (χ2n) is 7.21. The first-order valence-electron chi connectivity index (χ1n) is 8.64. The average molecular weight is 292 g/mol. The zero-order valence-electron chi connectivity index (χ0n) is 14.2. The molecule has 114 valence electrons. The second-order valence-corrected chi connectivity index (χ2v) is 7.21. The fourth-order valence-electron chi connectivity index (χ4n) is 5.57. The lowest BCUT2D eigenvalue weighted by molar-refractivity contribution is -0.995. The number of aryl methyl sites for hydroxylation is 1. The Balaban J connectivity index is 2.10. The summed E-state index contributed by atoms with van der Waals surface area (Å²) in [6, 6.07) is 16.9. The maximum absolute atomic E-state index is 2.49. The largest absolute Gasteiger partial charge is 0.305 e. The molecule has 2 aromatic rings. The lowest BCUT2D eigenvalue weighted by atomic mass is 9.78. The number of likely N-dealkylation sites (N-methyl/N-ethyl adjacent to an activating group) is 1. The maximum Gasteiger partial charge on any atom is 0.149 e. The molecule has 0 spiro atoms. The van der Waals surface area contributed by atoms with E-state index in [-0.39, 0.29) is 5.54 Å². The van der Waals surface area contributed by atoms with Gasteiger partial charge in [-0.1, -0.05) is 42.0 Å². The van der Waals surface area contributed by atoms with Gasteiger partial charge in [0.05, 0.1) is 13.1 Å². The van der Waals surface area contributed by atoms with E-state index in [2.05, 4.69) is 70.2 Å². The van der Waals surface area contributed by atoms with Crippen molar-refractivity contribution in [3.63, 3.8) is 0 Å². The Morgan fingerprint density at radius 3 is 2.50 bits per heavy atom. The minimum absolute atomic E-state index is 0.103. The van der Waals surface area contributed by atoms with Gasteiger partial charge in [0.1, 0.15) is 11.6 Å². The van der Waals surface area contributed by atoms with Crippen LogP contribution in [0.4, 0.5) is 0 Å². The van der Waals surface area contributed by atoms with Gasteiger partial charge in [-0.25, -0.2) is 0 Å². The van der Waals surface area contributed by atoms with Crippen LogP contribution in [0.15, 0.2) is 42.5 Å². The molecule has 2 aliphatic heterocycles. The van der Waals surface area contributed by atoms with Crippen LogP contribution in [0.5, 0.6) is 0 Å². The van der Waals surface area contributed by atoms with Gasteiger partial charge in [-0.2, -0.15) is 0 Å². The highest BCUT2D eigenvalue weighted by atomic mass is 15.4. The van der Waals surface area contributed by atoms with Crippen LogP contribution in [0.25, 0.3) is 0 Å². The van der Waals surface area contributed by atoms with Gasteiger partial charge in [0.15, 0.2) is 0 Å². The van der Waals surface area contributed by atoms with Gasteiger partial charge in [0.25, 0.3) is 0 Å². The first-order valence-corrected chi connectivity index (χ1v) is 8.64. The van der Waals surface area contributed by atoms with Crippen molar-refractivity contribution in [3.8, 4) is 0 Å². The summed E-state index contributed by atoms with van der Waals surface area (Å²) < 4.78 is 1.18. The summed E-state index contributed by atoms with van der Waals surface area (Å²) in [5.74, 6) is 0. The van der Waals surface area contributed by atoms with Gasteiger partial charge in [0, 0.05) is 23.1 Å². The van der Waals surface area contributed by atoms with Gasteiger partial charge in [-0.05, 0) is 39.3 Å². The zero-order chi connectivity index (χ0) is 15.5. The van der Waals surface area contributed by atoms with Gasteiger partial charge >= 0.3 is 0 Å². The molecule has 22 heavy (non-hydrogen) atoms. The van der Waals surface area contributed by atoms with Crippen molar-refractivity contribution in [2.75, 3.05) is 13.1 Å². The Morgan fingerprint density at radius 1 is 1.05 bits per heavy atom. The Labute approximate surface area is 134 Å². The molecule has 0 N–H and O–H groups in total. The van der Waals surface area contributed by atoms with Gasteiger partial charge in [-0.15, -0.1) is 0 Å². The number of quaternary nitrogens is 1. The van der Waals surface area contributed by atoms with Crippen LogP contribution in [0.2, 0.25) is 0 Å². The summed E-state index contributed by atoms with van der Waals surface area (Å²) in [4.78, 5) is 0. The number of hydrogen-bond donors (Lipinski definition) is 0. The highest BCUT2D eigenvalue weighted by molar-refractivity contribution is 5.52. The summed E-state index contributed by atoms with van der Waals surface area (Å²) in [6.07, 6.45) is 1.18. The lowest BCUT2D eigenvalue weighted by Crippen LogP contribution is -2.61. The van der Waals surface area contributed by atoms with Gasteiger partial charge in [0.2, 0.25) is 0 Å². The molecule has 0 aliphatic carbocycles. The standard InChI is InChI=1S/C21H26N/c1-5-22(6-2)20-14-16-9-7-8-10-18(16)21(22,4)19-12-11-15(3)13-17(19)20/h7-13,20H,5-6,14H2,1-4H3/q+1/t20-,21+/m1/s1. The number of rotatable bonds is 2. The molecule has 0 unspecified atom stereocenters. The van der Waals surface area contributed by atoms with Crippen LogP contribution in [0.3, 0.4) is 0 Å². The molecule has 0 saturated heterocycles. The van der Waals surface area contributed by atoms with E-state index in [0.29, 0.717) is 6.04 Å². The average Bonchev–Trinajstić information content (AvgIpc) is 2.67. The number of fused-ring (bicyclic) bond motifs is 7. The summed E-state index contributed by atoms with van der Waals surface area (Å²) in [6.45, 7) is 11.9. The number of benzene rings is 2. The smallest absolute Gasteiger partial charge is 0.149 e. The van der Waals surface area contributed by atoms with Crippen LogP contribution >= 0.6 is 0 Å². The monoisotopic (exact) mass is 292 g/mol. The Morgan fingerprint density at radius 2 is 1.77 bits per heavy atom. The van der Waals surface area contributed by atoms with Crippen molar-refractivity contribution in [3.05, 3.63) is 70.3 Å². The van der Waals surface area contributed by atoms with Crippen LogP contribution in [-0.4, -0.2) is 17.6 Å². The first-order chi connectivity index (χ1) is 10.6. The number of hydrogen-bond acceptors (Lipinski definition) is 0. The molecule has 2 aliphatic rings. The molecule has 2 heterocycles. The quantitative estimate of drug-likeness (QED) is 0.702. The normalized spacial score (nSPS) is 27.4.